The Hall–Kier alpha value is -1.09. The minimum atomic E-state index is -0.361. The summed E-state index contributed by atoms with van der Waals surface area (Å²) in [5.74, 6) is -0.706. The Morgan fingerprint density at radius 2 is 1.82 bits per heavy atom. The Bertz CT molecular complexity index is 273. The first-order valence-electron chi connectivity index (χ1n) is 2.95. The molecule has 3 nitrogen and oxygen atoms in total. The van der Waals surface area contributed by atoms with Crippen molar-refractivity contribution in [1.82, 2.24) is 0 Å². The van der Waals surface area contributed by atoms with Crippen LogP contribution < -0.4 is 0 Å². The lowest BCUT2D eigenvalue weighted by Crippen LogP contribution is -1.79. The second-order valence-electron chi connectivity index (χ2n) is 2.11. The normalized spacial score (nSPS) is 9.91. The van der Waals surface area contributed by atoms with Gasteiger partial charge in [0.15, 0.2) is 11.5 Å². The fourth-order valence-corrected chi connectivity index (χ4v) is 0.967. The van der Waals surface area contributed by atoms with Crippen molar-refractivity contribution in [2.75, 3.05) is 0 Å². The molecule has 0 aliphatic carbocycles. The molecule has 1 rings (SSSR count). The van der Waals surface area contributed by atoms with Crippen molar-refractivity contribution in [1.29, 1.82) is 0 Å². The second-order valence-corrected chi connectivity index (χ2v) is 2.37. The van der Waals surface area contributed by atoms with Gasteiger partial charge in [0, 0.05) is 11.6 Å². The van der Waals surface area contributed by atoms with Gasteiger partial charge in [-0.05, 0) is 6.07 Å². The number of rotatable bonds is 1. The van der Waals surface area contributed by atoms with Crippen LogP contribution in [0, 0.1) is 0 Å². The van der Waals surface area contributed by atoms with Gasteiger partial charge in [-0.15, -0.1) is 11.6 Å². The summed E-state index contributed by atoms with van der Waals surface area (Å²) in [5, 5.41) is 26.9. The quantitative estimate of drug-likeness (QED) is 0.344. The van der Waals surface area contributed by atoms with Crippen LogP contribution in [0.15, 0.2) is 12.1 Å². The molecule has 0 amide bonds. The molecule has 0 unspecified atom stereocenters. The summed E-state index contributed by atoms with van der Waals surface area (Å²) in [5.41, 5.74) is 0.309. The average Bonchev–Trinajstić information content (AvgIpc) is 1.96. The summed E-state index contributed by atoms with van der Waals surface area (Å²) in [6.45, 7) is 0. The van der Waals surface area contributed by atoms with E-state index in [1.165, 1.54) is 6.07 Å². The second kappa shape index (κ2) is 2.88. The molecule has 0 radical (unpaired) electrons. The van der Waals surface area contributed by atoms with Gasteiger partial charge in [0.05, 0.1) is 5.88 Å². The molecule has 60 valence electrons. The molecule has 0 bridgehead atoms. The van der Waals surface area contributed by atoms with Crippen molar-refractivity contribution in [3.63, 3.8) is 0 Å². The van der Waals surface area contributed by atoms with Crippen molar-refractivity contribution in [2.45, 2.75) is 5.88 Å². The zero-order chi connectivity index (χ0) is 8.43. The lowest BCUT2D eigenvalue weighted by atomic mass is 10.2. The maximum absolute atomic E-state index is 9.08. The highest BCUT2D eigenvalue weighted by atomic mass is 35.5. The minimum Gasteiger partial charge on any atom is -0.508 e. The number of alkyl halides is 1. The van der Waals surface area contributed by atoms with E-state index in [0.717, 1.165) is 6.07 Å². The summed E-state index contributed by atoms with van der Waals surface area (Å²) in [6, 6.07) is 2.34. The molecule has 0 atom stereocenters. The number of halogens is 1. The molecule has 4 heteroatoms. The largest absolute Gasteiger partial charge is 0.508 e. The maximum atomic E-state index is 9.08. The number of aromatic hydroxyl groups is 3. The first-order chi connectivity index (χ1) is 5.15. The highest BCUT2D eigenvalue weighted by Crippen LogP contribution is 2.33. The van der Waals surface area contributed by atoms with Gasteiger partial charge in [-0.25, -0.2) is 0 Å². The van der Waals surface area contributed by atoms with Gasteiger partial charge in [0.25, 0.3) is 0 Å². The highest BCUT2D eigenvalue weighted by Gasteiger charge is 2.06. The molecule has 0 saturated carbocycles. The molecule has 11 heavy (non-hydrogen) atoms. The smallest absolute Gasteiger partial charge is 0.162 e. The predicted octanol–water partition coefficient (Wildman–Crippen LogP) is 1.54. The summed E-state index contributed by atoms with van der Waals surface area (Å²) >= 11 is 5.39. The third-order valence-corrected chi connectivity index (χ3v) is 1.59. The molecule has 0 aliphatic rings. The van der Waals surface area contributed by atoms with Crippen molar-refractivity contribution in [3.8, 4) is 17.2 Å². The van der Waals surface area contributed by atoms with Crippen LogP contribution in [0.4, 0.5) is 0 Å². The van der Waals surface area contributed by atoms with Crippen LogP contribution in [0.25, 0.3) is 0 Å². The predicted molar refractivity (Wildman–Crippen MR) is 41.0 cm³/mol. The zero-order valence-electron chi connectivity index (χ0n) is 5.58. The Kier molecular flexibility index (Phi) is 2.10. The van der Waals surface area contributed by atoms with Gasteiger partial charge in [0.2, 0.25) is 0 Å². The van der Waals surface area contributed by atoms with Gasteiger partial charge >= 0.3 is 0 Å². The van der Waals surface area contributed by atoms with Crippen molar-refractivity contribution < 1.29 is 15.3 Å². The lowest BCUT2D eigenvalue weighted by molar-refractivity contribution is 0.393. The fourth-order valence-electron chi connectivity index (χ4n) is 0.763. The van der Waals surface area contributed by atoms with Crippen LogP contribution in [0.5, 0.6) is 17.2 Å². The summed E-state index contributed by atoms with van der Waals surface area (Å²) in [4.78, 5) is 0. The van der Waals surface area contributed by atoms with E-state index in [-0.39, 0.29) is 23.1 Å². The monoisotopic (exact) mass is 174 g/mol. The van der Waals surface area contributed by atoms with E-state index in [0.29, 0.717) is 5.56 Å². The van der Waals surface area contributed by atoms with E-state index in [9.17, 15) is 0 Å². The van der Waals surface area contributed by atoms with E-state index < -0.39 is 0 Å². The highest BCUT2D eigenvalue weighted by molar-refractivity contribution is 6.17. The molecule has 1 aromatic rings. The van der Waals surface area contributed by atoms with Gasteiger partial charge in [-0.3, -0.25) is 0 Å². The van der Waals surface area contributed by atoms with Crippen LogP contribution in [0.2, 0.25) is 0 Å². The van der Waals surface area contributed by atoms with Crippen LogP contribution in [-0.4, -0.2) is 15.3 Å². The molecular weight excluding hydrogens is 168 g/mol. The molecule has 0 heterocycles. The van der Waals surface area contributed by atoms with Gasteiger partial charge in [0.1, 0.15) is 5.75 Å². The van der Waals surface area contributed by atoms with Gasteiger partial charge < -0.3 is 15.3 Å². The first kappa shape index (κ1) is 8.01. The number of phenols is 3. The van der Waals surface area contributed by atoms with Crippen molar-refractivity contribution >= 4 is 11.6 Å². The Morgan fingerprint density at radius 3 is 2.36 bits per heavy atom. The number of benzene rings is 1. The van der Waals surface area contributed by atoms with Crippen molar-refractivity contribution in [2.24, 2.45) is 0 Å². The van der Waals surface area contributed by atoms with Crippen LogP contribution in [0.3, 0.4) is 0 Å². The topological polar surface area (TPSA) is 60.7 Å². The van der Waals surface area contributed by atoms with Crippen LogP contribution in [-0.2, 0) is 5.88 Å². The lowest BCUT2D eigenvalue weighted by Gasteiger charge is -2.02. The van der Waals surface area contributed by atoms with Crippen LogP contribution >= 0.6 is 11.6 Å². The first-order valence-corrected chi connectivity index (χ1v) is 3.48. The summed E-state index contributed by atoms with van der Waals surface area (Å²) in [6.07, 6.45) is 0. The Morgan fingerprint density at radius 1 is 1.18 bits per heavy atom. The Balaban J connectivity index is 3.24. The van der Waals surface area contributed by atoms with Gasteiger partial charge in [-0.1, -0.05) is 0 Å². The number of hydrogen-bond donors (Lipinski definition) is 3. The van der Waals surface area contributed by atoms with E-state index in [2.05, 4.69) is 0 Å². The summed E-state index contributed by atoms with van der Waals surface area (Å²) < 4.78 is 0. The molecule has 0 spiro atoms. The van der Waals surface area contributed by atoms with Crippen molar-refractivity contribution in [3.05, 3.63) is 17.7 Å². The standard InChI is InChI=1S/C7H7ClO3/c8-3-4-1-5(9)2-6(10)7(4)11/h1-2,9-11H,3H2. The average molecular weight is 175 g/mol. The molecule has 0 saturated heterocycles. The fraction of sp³-hybridized carbons (Fsp3) is 0.143. The third-order valence-electron chi connectivity index (χ3n) is 1.30. The van der Waals surface area contributed by atoms with E-state index in [1.54, 1.807) is 0 Å². The molecule has 0 aromatic heterocycles. The molecule has 1 aromatic carbocycles. The van der Waals surface area contributed by atoms with Crippen LogP contribution in [0.1, 0.15) is 5.56 Å². The number of hydrogen-bond acceptors (Lipinski definition) is 3. The van der Waals surface area contributed by atoms with E-state index in [1.807, 2.05) is 0 Å². The zero-order valence-corrected chi connectivity index (χ0v) is 6.34. The molecular formula is C7H7ClO3. The van der Waals surface area contributed by atoms with E-state index in [4.69, 9.17) is 26.9 Å². The van der Waals surface area contributed by atoms with Gasteiger partial charge in [-0.2, -0.15) is 0 Å². The number of phenolic OH excluding ortho intramolecular Hbond substituents is 3. The molecule has 0 fully saturated rings. The minimum absolute atomic E-state index is 0.0494. The Labute approximate surface area is 68.5 Å². The maximum Gasteiger partial charge on any atom is 0.162 e. The summed E-state index contributed by atoms with van der Waals surface area (Å²) in [7, 11) is 0. The van der Waals surface area contributed by atoms with E-state index >= 15 is 0 Å². The molecule has 0 aliphatic heterocycles. The molecule has 3 N–H and O–H groups in total. The third kappa shape index (κ3) is 1.49. The SMILES string of the molecule is Oc1cc(O)c(O)c(CCl)c1.